The highest BCUT2D eigenvalue weighted by Gasteiger charge is 2.09. The number of nitriles is 1. The van der Waals surface area contributed by atoms with Gasteiger partial charge < -0.3 is 9.47 Å². The van der Waals surface area contributed by atoms with Crippen LogP contribution in [0.15, 0.2) is 29.8 Å². The molecular weight excluding hydrogens is 294 g/mol. The molecule has 0 aliphatic rings. The standard InChI is InChI=1S/C15H14ClNO4/c1-20-15(19)12(10-17)8-11-4-2-5-13(9-11)21-14(18)6-3-7-16/h2,4-5,8-9H,3,6-7H2,1H3/b12-8+. The molecular formula is C15H14ClNO4. The second-order valence-electron chi connectivity index (χ2n) is 4.00. The first-order chi connectivity index (χ1) is 10.1. The van der Waals surface area contributed by atoms with Crippen molar-refractivity contribution < 1.29 is 19.1 Å². The first-order valence-electron chi connectivity index (χ1n) is 6.17. The average molecular weight is 308 g/mol. The fourth-order valence-electron chi connectivity index (χ4n) is 1.47. The van der Waals surface area contributed by atoms with Crippen LogP contribution in [0.2, 0.25) is 0 Å². The summed E-state index contributed by atoms with van der Waals surface area (Å²) in [6, 6.07) is 8.25. The Morgan fingerprint density at radius 1 is 1.43 bits per heavy atom. The molecule has 6 heteroatoms. The van der Waals surface area contributed by atoms with Crippen molar-refractivity contribution in [2.75, 3.05) is 13.0 Å². The highest BCUT2D eigenvalue weighted by Crippen LogP contribution is 2.17. The number of esters is 2. The highest BCUT2D eigenvalue weighted by molar-refractivity contribution is 6.17. The molecule has 0 spiro atoms. The summed E-state index contributed by atoms with van der Waals surface area (Å²) in [5, 5.41) is 8.88. The third-order valence-corrected chi connectivity index (χ3v) is 2.71. The zero-order chi connectivity index (χ0) is 15.7. The van der Waals surface area contributed by atoms with Crippen molar-refractivity contribution >= 4 is 29.6 Å². The average Bonchev–Trinajstić information content (AvgIpc) is 2.50. The van der Waals surface area contributed by atoms with E-state index in [1.165, 1.54) is 13.2 Å². The Morgan fingerprint density at radius 3 is 2.81 bits per heavy atom. The second kappa shape index (κ2) is 8.77. The molecule has 0 heterocycles. The molecule has 5 nitrogen and oxygen atoms in total. The molecule has 0 aromatic heterocycles. The summed E-state index contributed by atoms with van der Waals surface area (Å²) < 4.78 is 9.62. The molecule has 110 valence electrons. The molecule has 1 rings (SSSR count). The van der Waals surface area contributed by atoms with E-state index in [-0.39, 0.29) is 18.0 Å². The maximum atomic E-state index is 11.5. The van der Waals surface area contributed by atoms with E-state index in [9.17, 15) is 9.59 Å². The Morgan fingerprint density at radius 2 is 2.19 bits per heavy atom. The summed E-state index contributed by atoms with van der Waals surface area (Å²) in [5.74, 6) is -0.375. The third kappa shape index (κ3) is 5.67. The number of methoxy groups -OCH3 is 1. The number of carbonyl (C=O) groups excluding carboxylic acids is 2. The summed E-state index contributed by atoms with van der Waals surface area (Å²) in [6.07, 6.45) is 2.14. The number of benzene rings is 1. The van der Waals surface area contributed by atoms with Crippen LogP contribution in [-0.4, -0.2) is 24.9 Å². The molecule has 0 aliphatic carbocycles. The molecule has 0 saturated heterocycles. The van der Waals surface area contributed by atoms with E-state index in [4.69, 9.17) is 21.6 Å². The van der Waals surface area contributed by atoms with Gasteiger partial charge in [-0.1, -0.05) is 12.1 Å². The number of ether oxygens (including phenoxy) is 2. The van der Waals surface area contributed by atoms with Gasteiger partial charge in [-0.05, 0) is 30.2 Å². The molecule has 1 aromatic carbocycles. The zero-order valence-electron chi connectivity index (χ0n) is 11.5. The molecule has 0 atom stereocenters. The maximum absolute atomic E-state index is 11.5. The molecule has 0 aliphatic heterocycles. The minimum Gasteiger partial charge on any atom is -0.465 e. The maximum Gasteiger partial charge on any atom is 0.348 e. The van der Waals surface area contributed by atoms with Gasteiger partial charge in [-0.15, -0.1) is 11.6 Å². The minimum atomic E-state index is -0.720. The SMILES string of the molecule is COC(=O)/C(C#N)=C/c1cccc(OC(=O)CCCCl)c1. The highest BCUT2D eigenvalue weighted by atomic mass is 35.5. The van der Waals surface area contributed by atoms with Gasteiger partial charge in [0.15, 0.2) is 0 Å². The van der Waals surface area contributed by atoms with Crippen LogP contribution in [0.3, 0.4) is 0 Å². The number of rotatable bonds is 6. The Labute approximate surface area is 127 Å². The minimum absolute atomic E-state index is 0.136. The van der Waals surface area contributed by atoms with E-state index >= 15 is 0 Å². The number of hydrogen-bond donors (Lipinski definition) is 0. The lowest BCUT2D eigenvalue weighted by molar-refractivity contribution is -0.136. The van der Waals surface area contributed by atoms with E-state index in [0.29, 0.717) is 23.6 Å². The lowest BCUT2D eigenvalue weighted by Crippen LogP contribution is -2.07. The van der Waals surface area contributed by atoms with Crippen molar-refractivity contribution in [3.63, 3.8) is 0 Å². The van der Waals surface area contributed by atoms with Crippen molar-refractivity contribution in [3.05, 3.63) is 35.4 Å². The van der Waals surface area contributed by atoms with E-state index in [2.05, 4.69) is 4.74 Å². The molecule has 0 N–H and O–H groups in total. The number of nitrogens with zero attached hydrogens (tertiary/aromatic N) is 1. The topological polar surface area (TPSA) is 76.4 Å². The molecule has 21 heavy (non-hydrogen) atoms. The first-order valence-corrected chi connectivity index (χ1v) is 6.71. The number of halogens is 1. The zero-order valence-corrected chi connectivity index (χ0v) is 12.2. The smallest absolute Gasteiger partial charge is 0.348 e. The molecule has 1 aromatic rings. The van der Waals surface area contributed by atoms with Crippen LogP contribution >= 0.6 is 11.6 Å². The quantitative estimate of drug-likeness (QED) is 0.265. The van der Waals surface area contributed by atoms with E-state index in [1.807, 2.05) is 0 Å². The molecule has 0 unspecified atom stereocenters. The number of carbonyl (C=O) groups is 2. The van der Waals surface area contributed by atoms with Gasteiger partial charge in [0.25, 0.3) is 0 Å². The van der Waals surface area contributed by atoms with Crippen LogP contribution in [0.4, 0.5) is 0 Å². The molecule has 0 saturated carbocycles. The molecule has 0 radical (unpaired) electrons. The fraction of sp³-hybridized carbons (Fsp3) is 0.267. The molecule has 0 fully saturated rings. The summed E-state index contributed by atoms with van der Waals surface area (Å²) in [5.41, 5.74) is 0.419. The van der Waals surface area contributed by atoms with Gasteiger partial charge in [0.1, 0.15) is 17.4 Å². The van der Waals surface area contributed by atoms with Crippen molar-refractivity contribution in [2.45, 2.75) is 12.8 Å². The lowest BCUT2D eigenvalue weighted by atomic mass is 10.1. The van der Waals surface area contributed by atoms with Gasteiger partial charge in [-0.25, -0.2) is 4.79 Å². The van der Waals surface area contributed by atoms with E-state index in [0.717, 1.165) is 0 Å². The van der Waals surface area contributed by atoms with Crippen LogP contribution in [0, 0.1) is 11.3 Å². The summed E-state index contributed by atoms with van der Waals surface area (Å²) in [4.78, 5) is 22.8. The summed E-state index contributed by atoms with van der Waals surface area (Å²) in [7, 11) is 1.20. The van der Waals surface area contributed by atoms with Gasteiger partial charge in [0, 0.05) is 12.3 Å². The van der Waals surface area contributed by atoms with E-state index < -0.39 is 5.97 Å². The monoisotopic (exact) mass is 307 g/mol. The van der Waals surface area contributed by atoms with Crippen molar-refractivity contribution in [3.8, 4) is 11.8 Å². The third-order valence-electron chi connectivity index (χ3n) is 2.44. The Balaban J connectivity index is 2.86. The Bertz CT molecular complexity index is 590. The molecule has 0 amide bonds. The number of hydrogen-bond acceptors (Lipinski definition) is 5. The second-order valence-corrected chi connectivity index (χ2v) is 4.38. The summed E-state index contributed by atoms with van der Waals surface area (Å²) in [6.45, 7) is 0. The molecule has 0 bridgehead atoms. The lowest BCUT2D eigenvalue weighted by Gasteiger charge is -2.04. The van der Waals surface area contributed by atoms with Crippen LogP contribution in [0.25, 0.3) is 6.08 Å². The van der Waals surface area contributed by atoms with Crippen LogP contribution in [-0.2, 0) is 14.3 Å². The number of alkyl halides is 1. The van der Waals surface area contributed by atoms with Crippen LogP contribution in [0.1, 0.15) is 18.4 Å². The van der Waals surface area contributed by atoms with Crippen LogP contribution in [0.5, 0.6) is 5.75 Å². The normalized spacial score (nSPS) is 10.6. The van der Waals surface area contributed by atoms with Crippen LogP contribution < -0.4 is 4.74 Å². The van der Waals surface area contributed by atoms with Crippen molar-refractivity contribution in [2.24, 2.45) is 0 Å². The first kappa shape index (κ1) is 16.7. The largest absolute Gasteiger partial charge is 0.465 e. The van der Waals surface area contributed by atoms with E-state index in [1.54, 1.807) is 30.3 Å². The van der Waals surface area contributed by atoms with Gasteiger partial charge in [-0.3, -0.25) is 4.79 Å². The predicted molar refractivity (Wildman–Crippen MR) is 77.6 cm³/mol. The van der Waals surface area contributed by atoms with Crippen molar-refractivity contribution in [1.82, 2.24) is 0 Å². The van der Waals surface area contributed by atoms with Gasteiger partial charge in [-0.2, -0.15) is 5.26 Å². The fourth-order valence-corrected chi connectivity index (χ4v) is 1.61. The predicted octanol–water partition coefficient (Wildman–Crippen LogP) is 2.69. The Hall–Kier alpha value is -2.32. The summed E-state index contributed by atoms with van der Waals surface area (Å²) >= 11 is 5.50. The van der Waals surface area contributed by atoms with Gasteiger partial charge in [0.05, 0.1) is 7.11 Å². The van der Waals surface area contributed by atoms with Gasteiger partial charge in [0.2, 0.25) is 0 Å². The van der Waals surface area contributed by atoms with Crippen molar-refractivity contribution in [1.29, 1.82) is 5.26 Å². The van der Waals surface area contributed by atoms with Gasteiger partial charge >= 0.3 is 11.9 Å². The Kier molecular flexibility index (Phi) is 6.99.